The first kappa shape index (κ1) is 14.5. The molecule has 1 atom stereocenters. The molecule has 1 aromatic carbocycles. The number of aromatic nitrogens is 4. The van der Waals surface area contributed by atoms with Crippen LogP contribution in [-0.4, -0.2) is 37.9 Å². The molecule has 2 rings (SSSR count). The minimum absolute atomic E-state index is 0.0173. The molecular weight excluding hydrogens is 274 g/mol. The van der Waals surface area contributed by atoms with E-state index in [0.29, 0.717) is 11.7 Å². The van der Waals surface area contributed by atoms with Crippen LogP contribution in [0.2, 0.25) is 0 Å². The summed E-state index contributed by atoms with van der Waals surface area (Å²) in [5, 5.41) is 14.8. The highest BCUT2D eigenvalue weighted by Crippen LogP contribution is 2.23. The van der Waals surface area contributed by atoms with Crippen molar-refractivity contribution in [3.63, 3.8) is 0 Å². The van der Waals surface area contributed by atoms with Crippen molar-refractivity contribution in [2.45, 2.75) is 31.2 Å². The van der Waals surface area contributed by atoms with Crippen molar-refractivity contribution in [3.8, 4) is 5.69 Å². The van der Waals surface area contributed by atoms with Gasteiger partial charge in [0, 0.05) is 6.54 Å². The van der Waals surface area contributed by atoms with Crippen LogP contribution in [0, 0.1) is 6.92 Å². The van der Waals surface area contributed by atoms with E-state index < -0.39 is 0 Å². The second-order valence-corrected chi connectivity index (χ2v) is 5.67. The molecule has 1 aromatic heterocycles. The standard InChI is InChI=1S/C13H17N5OS/c1-4-14-12(19)10(3)20-13-15-16-17-18(13)11-7-5-6-9(2)8-11/h5-8,10H,4H2,1-3H3,(H,14,19)/t10-/m0/s1. The summed E-state index contributed by atoms with van der Waals surface area (Å²) in [6.45, 7) is 6.36. The van der Waals surface area contributed by atoms with E-state index >= 15 is 0 Å². The Morgan fingerprint density at radius 2 is 2.30 bits per heavy atom. The maximum absolute atomic E-state index is 11.8. The van der Waals surface area contributed by atoms with Gasteiger partial charge < -0.3 is 5.32 Å². The first-order valence-electron chi connectivity index (χ1n) is 6.41. The fraction of sp³-hybridized carbons (Fsp3) is 0.385. The fourth-order valence-electron chi connectivity index (χ4n) is 1.70. The Labute approximate surface area is 121 Å². The summed E-state index contributed by atoms with van der Waals surface area (Å²) in [5.41, 5.74) is 2.02. The zero-order valence-electron chi connectivity index (χ0n) is 11.7. The normalized spacial score (nSPS) is 12.2. The van der Waals surface area contributed by atoms with Gasteiger partial charge in [0.15, 0.2) is 0 Å². The third-order valence-corrected chi connectivity index (χ3v) is 3.72. The smallest absolute Gasteiger partial charge is 0.233 e. The molecule has 0 saturated heterocycles. The van der Waals surface area contributed by atoms with E-state index in [2.05, 4.69) is 20.8 Å². The maximum Gasteiger partial charge on any atom is 0.233 e. The first-order chi connectivity index (χ1) is 9.61. The first-order valence-corrected chi connectivity index (χ1v) is 7.29. The molecule has 1 heterocycles. The third kappa shape index (κ3) is 3.36. The monoisotopic (exact) mass is 291 g/mol. The topological polar surface area (TPSA) is 72.7 Å². The van der Waals surface area contributed by atoms with Gasteiger partial charge in [-0.15, -0.1) is 5.10 Å². The number of benzene rings is 1. The van der Waals surface area contributed by atoms with E-state index in [0.717, 1.165) is 11.3 Å². The predicted octanol–water partition coefficient (Wildman–Crippen LogP) is 1.59. The zero-order chi connectivity index (χ0) is 14.5. The number of hydrogen-bond acceptors (Lipinski definition) is 5. The number of tetrazole rings is 1. The van der Waals surface area contributed by atoms with Gasteiger partial charge in [0.2, 0.25) is 11.1 Å². The molecule has 1 amide bonds. The summed E-state index contributed by atoms with van der Waals surface area (Å²) in [6, 6.07) is 7.90. The van der Waals surface area contributed by atoms with Crippen LogP contribution in [0.5, 0.6) is 0 Å². The van der Waals surface area contributed by atoms with Crippen LogP contribution < -0.4 is 5.32 Å². The van der Waals surface area contributed by atoms with Crippen molar-refractivity contribution in [1.82, 2.24) is 25.5 Å². The van der Waals surface area contributed by atoms with Crippen molar-refractivity contribution in [1.29, 1.82) is 0 Å². The summed E-state index contributed by atoms with van der Waals surface area (Å²) >= 11 is 1.34. The van der Waals surface area contributed by atoms with Crippen LogP contribution in [0.4, 0.5) is 0 Å². The van der Waals surface area contributed by atoms with Crippen LogP contribution in [0.15, 0.2) is 29.4 Å². The molecule has 0 aliphatic carbocycles. The number of aryl methyl sites for hydroxylation is 1. The second-order valence-electron chi connectivity index (χ2n) is 4.37. The molecule has 1 N–H and O–H groups in total. The molecular formula is C13H17N5OS. The second kappa shape index (κ2) is 6.51. The molecule has 0 radical (unpaired) electrons. The number of hydrogen-bond donors (Lipinski definition) is 1. The SMILES string of the molecule is CCNC(=O)[C@H](C)Sc1nnnn1-c1cccc(C)c1. The van der Waals surface area contributed by atoms with E-state index in [1.807, 2.05) is 45.0 Å². The third-order valence-electron chi connectivity index (χ3n) is 2.69. The van der Waals surface area contributed by atoms with Crippen LogP contribution >= 0.6 is 11.8 Å². The van der Waals surface area contributed by atoms with Gasteiger partial charge in [-0.3, -0.25) is 4.79 Å². The van der Waals surface area contributed by atoms with E-state index in [4.69, 9.17) is 0 Å². The number of nitrogens with zero attached hydrogens (tertiary/aromatic N) is 4. The lowest BCUT2D eigenvalue weighted by Gasteiger charge is -2.10. The number of carbonyl (C=O) groups excluding carboxylic acids is 1. The summed E-state index contributed by atoms with van der Waals surface area (Å²) in [7, 11) is 0. The summed E-state index contributed by atoms with van der Waals surface area (Å²) in [6.07, 6.45) is 0. The van der Waals surface area contributed by atoms with Gasteiger partial charge in [-0.25, -0.2) is 0 Å². The number of nitrogens with one attached hydrogen (secondary N) is 1. The molecule has 106 valence electrons. The lowest BCUT2D eigenvalue weighted by Crippen LogP contribution is -2.30. The molecule has 0 spiro atoms. The Kier molecular flexibility index (Phi) is 4.73. The Hall–Kier alpha value is -1.89. The van der Waals surface area contributed by atoms with E-state index in [1.165, 1.54) is 11.8 Å². The van der Waals surface area contributed by atoms with E-state index in [-0.39, 0.29) is 11.2 Å². The lowest BCUT2D eigenvalue weighted by molar-refractivity contribution is -0.120. The Morgan fingerprint density at radius 3 is 3.00 bits per heavy atom. The lowest BCUT2D eigenvalue weighted by atomic mass is 10.2. The molecule has 0 aliphatic rings. The minimum atomic E-state index is -0.246. The fourth-order valence-corrected chi connectivity index (χ4v) is 2.54. The Bertz CT molecular complexity index is 598. The van der Waals surface area contributed by atoms with E-state index in [1.54, 1.807) is 4.68 Å². The van der Waals surface area contributed by atoms with Gasteiger partial charge in [0.1, 0.15) is 0 Å². The average molecular weight is 291 g/mol. The maximum atomic E-state index is 11.8. The molecule has 0 unspecified atom stereocenters. The molecule has 0 bridgehead atoms. The molecule has 0 saturated carbocycles. The van der Waals surface area contributed by atoms with Gasteiger partial charge in [-0.1, -0.05) is 23.9 Å². The molecule has 2 aromatic rings. The predicted molar refractivity (Wildman–Crippen MR) is 77.9 cm³/mol. The number of thioether (sulfide) groups is 1. The highest BCUT2D eigenvalue weighted by atomic mass is 32.2. The van der Waals surface area contributed by atoms with Crippen molar-refractivity contribution in [2.24, 2.45) is 0 Å². The van der Waals surface area contributed by atoms with E-state index in [9.17, 15) is 4.79 Å². The molecule has 6 nitrogen and oxygen atoms in total. The van der Waals surface area contributed by atoms with Crippen LogP contribution in [-0.2, 0) is 4.79 Å². The molecule has 20 heavy (non-hydrogen) atoms. The summed E-state index contributed by atoms with van der Waals surface area (Å²) in [5.74, 6) is -0.0173. The van der Waals surface area contributed by atoms with Gasteiger partial charge >= 0.3 is 0 Å². The highest BCUT2D eigenvalue weighted by Gasteiger charge is 2.18. The summed E-state index contributed by atoms with van der Waals surface area (Å²) < 4.78 is 1.65. The molecule has 0 fully saturated rings. The molecule has 7 heteroatoms. The molecule has 0 aliphatic heterocycles. The average Bonchev–Trinajstić information content (AvgIpc) is 2.87. The number of amides is 1. The van der Waals surface area contributed by atoms with Crippen molar-refractivity contribution in [3.05, 3.63) is 29.8 Å². The zero-order valence-corrected chi connectivity index (χ0v) is 12.5. The van der Waals surface area contributed by atoms with Crippen molar-refractivity contribution in [2.75, 3.05) is 6.54 Å². The number of carbonyl (C=O) groups is 1. The largest absolute Gasteiger partial charge is 0.355 e. The summed E-state index contributed by atoms with van der Waals surface area (Å²) in [4.78, 5) is 11.8. The Balaban J connectivity index is 2.19. The van der Waals surface area contributed by atoms with Crippen LogP contribution in [0.3, 0.4) is 0 Å². The van der Waals surface area contributed by atoms with Crippen LogP contribution in [0.1, 0.15) is 19.4 Å². The van der Waals surface area contributed by atoms with Crippen molar-refractivity contribution >= 4 is 17.7 Å². The number of rotatable bonds is 5. The van der Waals surface area contributed by atoms with Gasteiger partial charge in [0.25, 0.3) is 0 Å². The quantitative estimate of drug-likeness (QED) is 0.847. The van der Waals surface area contributed by atoms with Gasteiger partial charge in [-0.05, 0) is 48.9 Å². The van der Waals surface area contributed by atoms with Crippen molar-refractivity contribution < 1.29 is 4.79 Å². The highest BCUT2D eigenvalue weighted by molar-refractivity contribution is 8.00. The van der Waals surface area contributed by atoms with Crippen LogP contribution in [0.25, 0.3) is 5.69 Å². The Morgan fingerprint density at radius 1 is 1.50 bits per heavy atom. The minimum Gasteiger partial charge on any atom is -0.355 e. The van der Waals surface area contributed by atoms with Gasteiger partial charge in [0.05, 0.1) is 10.9 Å². The van der Waals surface area contributed by atoms with Gasteiger partial charge in [-0.2, -0.15) is 4.68 Å².